The first-order valence-corrected chi connectivity index (χ1v) is 8.08. The topological polar surface area (TPSA) is 35.5 Å². The molecule has 0 saturated heterocycles. The molecule has 114 valence electrons. The Morgan fingerprint density at radius 1 is 1.32 bits per heavy atom. The number of aliphatic hydroxyl groups is 1. The zero-order chi connectivity index (χ0) is 14.3. The summed E-state index contributed by atoms with van der Waals surface area (Å²) in [4.78, 5) is 2.55. The van der Waals surface area contributed by atoms with Crippen LogP contribution >= 0.6 is 0 Å². The predicted molar refractivity (Wildman–Crippen MR) is 82.5 cm³/mol. The minimum Gasteiger partial charge on any atom is -0.394 e. The van der Waals surface area contributed by atoms with Crippen LogP contribution in [0.4, 0.5) is 0 Å². The first-order chi connectivity index (χ1) is 9.08. The van der Waals surface area contributed by atoms with Gasteiger partial charge in [0, 0.05) is 11.6 Å². The van der Waals surface area contributed by atoms with E-state index in [0.29, 0.717) is 0 Å². The number of hydrogen-bond acceptors (Lipinski definition) is 3. The quantitative estimate of drug-likeness (QED) is 0.712. The maximum absolute atomic E-state index is 9.56. The summed E-state index contributed by atoms with van der Waals surface area (Å²) < 4.78 is 0. The van der Waals surface area contributed by atoms with Gasteiger partial charge in [-0.05, 0) is 58.7 Å². The molecule has 0 heterocycles. The summed E-state index contributed by atoms with van der Waals surface area (Å²) in [5, 5.41) is 12.9. The van der Waals surface area contributed by atoms with Crippen LogP contribution in [0.1, 0.15) is 58.8 Å². The van der Waals surface area contributed by atoms with E-state index in [1.165, 1.54) is 25.7 Å². The number of nitrogens with one attached hydrogen (secondary N) is 1. The van der Waals surface area contributed by atoms with E-state index in [9.17, 15) is 5.11 Å². The molecule has 0 aromatic rings. The second kappa shape index (κ2) is 8.23. The minimum absolute atomic E-state index is 0.0704. The van der Waals surface area contributed by atoms with Gasteiger partial charge in [0.2, 0.25) is 0 Å². The Balaban J connectivity index is 2.35. The number of rotatable bonds is 8. The van der Waals surface area contributed by atoms with Gasteiger partial charge < -0.3 is 15.3 Å². The van der Waals surface area contributed by atoms with E-state index in [1.54, 1.807) is 0 Å². The fourth-order valence-corrected chi connectivity index (χ4v) is 3.53. The molecule has 1 aliphatic carbocycles. The van der Waals surface area contributed by atoms with Crippen LogP contribution in [-0.2, 0) is 0 Å². The molecular weight excluding hydrogens is 236 g/mol. The Morgan fingerprint density at radius 3 is 2.53 bits per heavy atom. The van der Waals surface area contributed by atoms with Gasteiger partial charge in [-0.2, -0.15) is 0 Å². The molecule has 19 heavy (non-hydrogen) atoms. The van der Waals surface area contributed by atoms with E-state index in [2.05, 4.69) is 31.1 Å². The van der Waals surface area contributed by atoms with Crippen molar-refractivity contribution in [2.24, 2.45) is 5.92 Å². The van der Waals surface area contributed by atoms with Crippen LogP contribution in [0.2, 0.25) is 0 Å². The molecule has 0 aliphatic heterocycles. The molecule has 3 nitrogen and oxygen atoms in total. The lowest BCUT2D eigenvalue weighted by atomic mass is 9.84. The highest BCUT2D eigenvalue weighted by Gasteiger charge is 2.27. The van der Waals surface area contributed by atoms with Crippen LogP contribution in [0.15, 0.2) is 0 Å². The van der Waals surface area contributed by atoms with Crippen molar-refractivity contribution in [3.63, 3.8) is 0 Å². The summed E-state index contributed by atoms with van der Waals surface area (Å²) in [6.45, 7) is 5.94. The normalized spacial score (nSPS) is 27.5. The van der Waals surface area contributed by atoms with Gasteiger partial charge in [-0.15, -0.1) is 0 Å². The Hall–Kier alpha value is -0.120. The standard InChI is InChI=1S/C16H34N2O/c1-5-16(13-19,17-3)11-8-12-18(4)15-10-7-6-9-14(15)2/h14-15,17,19H,5-13H2,1-4H3. The van der Waals surface area contributed by atoms with Gasteiger partial charge in [0.15, 0.2) is 0 Å². The molecule has 2 N–H and O–H groups in total. The molecule has 3 atom stereocenters. The second-order valence-electron chi connectivity index (χ2n) is 6.46. The Morgan fingerprint density at radius 2 is 2.00 bits per heavy atom. The molecule has 1 aliphatic rings. The highest BCUT2D eigenvalue weighted by Crippen LogP contribution is 2.27. The van der Waals surface area contributed by atoms with Gasteiger partial charge >= 0.3 is 0 Å². The lowest BCUT2D eigenvalue weighted by Gasteiger charge is -2.37. The van der Waals surface area contributed by atoms with Crippen LogP contribution in [-0.4, -0.2) is 48.8 Å². The molecule has 1 fully saturated rings. The highest BCUT2D eigenvalue weighted by molar-refractivity contribution is 4.85. The van der Waals surface area contributed by atoms with Crippen molar-refractivity contribution in [3.8, 4) is 0 Å². The van der Waals surface area contributed by atoms with Crippen molar-refractivity contribution in [1.29, 1.82) is 0 Å². The van der Waals surface area contributed by atoms with Crippen molar-refractivity contribution >= 4 is 0 Å². The summed E-state index contributed by atoms with van der Waals surface area (Å²) in [7, 11) is 4.24. The predicted octanol–water partition coefficient (Wildman–Crippen LogP) is 2.64. The van der Waals surface area contributed by atoms with Gasteiger partial charge in [0.1, 0.15) is 0 Å². The second-order valence-corrected chi connectivity index (χ2v) is 6.46. The average Bonchev–Trinajstić information content (AvgIpc) is 2.44. The molecule has 0 aromatic carbocycles. The van der Waals surface area contributed by atoms with Crippen molar-refractivity contribution in [3.05, 3.63) is 0 Å². The van der Waals surface area contributed by atoms with Gasteiger partial charge in [0.05, 0.1) is 6.61 Å². The van der Waals surface area contributed by atoms with Crippen LogP contribution < -0.4 is 5.32 Å². The molecule has 3 unspecified atom stereocenters. The third-order valence-electron chi connectivity index (χ3n) is 5.31. The molecule has 0 amide bonds. The van der Waals surface area contributed by atoms with Gasteiger partial charge in [-0.3, -0.25) is 0 Å². The summed E-state index contributed by atoms with van der Waals surface area (Å²) in [5.41, 5.74) is -0.0704. The van der Waals surface area contributed by atoms with Gasteiger partial charge in [-0.1, -0.05) is 26.7 Å². The van der Waals surface area contributed by atoms with Crippen LogP contribution in [0.3, 0.4) is 0 Å². The largest absolute Gasteiger partial charge is 0.394 e. The summed E-state index contributed by atoms with van der Waals surface area (Å²) in [5.74, 6) is 0.844. The van der Waals surface area contributed by atoms with Crippen molar-refractivity contribution in [2.75, 3.05) is 27.2 Å². The van der Waals surface area contributed by atoms with Gasteiger partial charge in [-0.25, -0.2) is 0 Å². The Kier molecular flexibility index (Phi) is 7.33. The zero-order valence-corrected chi connectivity index (χ0v) is 13.4. The fraction of sp³-hybridized carbons (Fsp3) is 1.00. The van der Waals surface area contributed by atoms with E-state index in [4.69, 9.17) is 0 Å². The number of hydrogen-bond donors (Lipinski definition) is 2. The van der Waals surface area contributed by atoms with Crippen molar-refractivity contribution in [1.82, 2.24) is 10.2 Å². The maximum Gasteiger partial charge on any atom is 0.0613 e. The number of aliphatic hydroxyl groups excluding tert-OH is 1. The lowest BCUT2D eigenvalue weighted by Crippen LogP contribution is -2.47. The van der Waals surface area contributed by atoms with Crippen molar-refractivity contribution < 1.29 is 5.11 Å². The SMILES string of the molecule is CCC(CO)(CCCN(C)C1CCCCC1C)NC. The third kappa shape index (κ3) is 4.73. The fourth-order valence-electron chi connectivity index (χ4n) is 3.53. The van der Waals surface area contributed by atoms with Gasteiger partial charge in [0.25, 0.3) is 0 Å². The highest BCUT2D eigenvalue weighted by atomic mass is 16.3. The van der Waals surface area contributed by atoms with E-state index >= 15 is 0 Å². The van der Waals surface area contributed by atoms with E-state index in [1.807, 2.05) is 7.05 Å². The first kappa shape index (κ1) is 16.9. The first-order valence-electron chi connectivity index (χ1n) is 8.08. The van der Waals surface area contributed by atoms with Crippen LogP contribution in [0, 0.1) is 5.92 Å². The molecule has 1 saturated carbocycles. The van der Waals surface area contributed by atoms with Crippen LogP contribution in [0.25, 0.3) is 0 Å². The number of likely N-dealkylation sites (N-methyl/N-ethyl adjacent to an activating group) is 1. The molecule has 0 aromatic heterocycles. The maximum atomic E-state index is 9.56. The summed E-state index contributed by atoms with van der Waals surface area (Å²) in [6.07, 6.45) is 8.77. The molecular formula is C16H34N2O. The zero-order valence-electron chi connectivity index (χ0n) is 13.4. The molecule has 3 heteroatoms. The van der Waals surface area contributed by atoms with Crippen molar-refractivity contribution in [2.45, 2.75) is 70.4 Å². The monoisotopic (exact) mass is 270 g/mol. The minimum atomic E-state index is -0.0704. The van der Waals surface area contributed by atoms with E-state index in [0.717, 1.165) is 37.8 Å². The Labute approximate surface area is 119 Å². The Bertz CT molecular complexity index is 233. The summed E-state index contributed by atoms with van der Waals surface area (Å²) in [6, 6.07) is 0.772. The molecule has 0 bridgehead atoms. The lowest BCUT2D eigenvalue weighted by molar-refractivity contribution is 0.119. The third-order valence-corrected chi connectivity index (χ3v) is 5.31. The average molecular weight is 270 g/mol. The molecule has 0 radical (unpaired) electrons. The molecule has 1 rings (SSSR count). The smallest absolute Gasteiger partial charge is 0.0613 e. The van der Waals surface area contributed by atoms with Crippen LogP contribution in [0.5, 0.6) is 0 Å². The number of nitrogens with zero attached hydrogens (tertiary/aromatic N) is 1. The van der Waals surface area contributed by atoms with E-state index in [-0.39, 0.29) is 12.1 Å². The van der Waals surface area contributed by atoms with E-state index < -0.39 is 0 Å². The summed E-state index contributed by atoms with van der Waals surface area (Å²) >= 11 is 0. The molecule has 0 spiro atoms.